The molecule has 0 radical (unpaired) electrons. The summed E-state index contributed by atoms with van der Waals surface area (Å²) in [4.78, 5) is 13.8. The predicted octanol–water partition coefficient (Wildman–Crippen LogP) is 0.881. The van der Waals surface area contributed by atoms with Gasteiger partial charge < -0.3 is 14.6 Å². The number of aliphatic hydroxyl groups is 1. The van der Waals surface area contributed by atoms with Crippen LogP contribution in [0.3, 0.4) is 0 Å². The molecule has 18 heavy (non-hydrogen) atoms. The number of nitrogens with zero attached hydrogens (tertiary/aromatic N) is 1. The van der Waals surface area contributed by atoms with E-state index < -0.39 is 5.79 Å². The van der Waals surface area contributed by atoms with Crippen LogP contribution in [0.5, 0.6) is 0 Å². The molecule has 0 unspecified atom stereocenters. The lowest BCUT2D eigenvalue weighted by atomic mass is 10.0. The van der Waals surface area contributed by atoms with Gasteiger partial charge in [-0.1, -0.05) is 18.2 Å². The smallest absolute Gasteiger partial charge is 0.294 e. The van der Waals surface area contributed by atoms with E-state index in [1.54, 1.807) is 0 Å². The van der Waals surface area contributed by atoms with Crippen molar-refractivity contribution >= 4 is 11.6 Å². The van der Waals surface area contributed by atoms with Gasteiger partial charge in [-0.15, -0.1) is 0 Å². The van der Waals surface area contributed by atoms with Gasteiger partial charge in [-0.25, -0.2) is 0 Å². The predicted molar refractivity (Wildman–Crippen MR) is 63.9 cm³/mol. The van der Waals surface area contributed by atoms with Crippen molar-refractivity contribution in [1.82, 2.24) is 0 Å². The first-order valence-electron chi connectivity index (χ1n) is 6.01. The van der Waals surface area contributed by atoms with Crippen LogP contribution < -0.4 is 4.90 Å². The molecule has 2 heterocycles. The molecule has 0 aromatic heterocycles. The lowest BCUT2D eigenvalue weighted by molar-refractivity contribution is -0.257. The Labute approximate surface area is 105 Å². The highest BCUT2D eigenvalue weighted by Gasteiger charge is 2.55. The Hall–Kier alpha value is -1.43. The maximum atomic E-state index is 12.4. The third-order valence-corrected chi connectivity index (χ3v) is 3.43. The van der Waals surface area contributed by atoms with E-state index in [-0.39, 0.29) is 12.6 Å². The zero-order valence-electron chi connectivity index (χ0n) is 10.2. The zero-order chi connectivity index (χ0) is 12.8. The average molecular weight is 249 g/mol. The van der Waals surface area contributed by atoms with Crippen LogP contribution in [0.1, 0.15) is 17.5 Å². The van der Waals surface area contributed by atoms with Gasteiger partial charge in [0.25, 0.3) is 11.7 Å². The average Bonchev–Trinajstić information content (AvgIpc) is 2.63. The first-order chi connectivity index (χ1) is 8.70. The molecule has 1 aromatic rings. The minimum Gasteiger partial charge on any atom is -0.376 e. The van der Waals surface area contributed by atoms with Gasteiger partial charge in [0.05, 0.1) is 18.9 Å². The van der Waals surface area contributed by atoms with Gasteiger partial charge in [0.1, 0.15) is 6.73 Å². The van der Waals surface area contributed by atoms with Crippen molar-refractivity contribution < 1.29 is 19.4 Å². The minimum atomic E-state index is -1.34. The number of hydrogen-bond donors (Lipinski definition) is 1. The fourth-order valence-electron chi connectivity index (χ4n) is 2.62. The van der Waals surface area contributed by atoms with Crippen LogP contribution in [-0.2, 0) is 20.1 Å². The van der Waals surface area contributed by atoms with E-state index in [1.165, 1.54) is 4.90 Å². The quantitative estimate of drug-likeness (QED) is 0.802. The summed E-state index contributed by atoms with van der Waals surface area (Å²) in [6.07, 6.45) is 0.773. The summed E-state index contributed by atoms with van der Waals surface area (Å²) in [6, 6.07) is 5.59. The Morgan fingerprint density at radius 3 is 2.78 bits per heavy atom. The fraction of sp³-hybridized carbons (Fsp3) is 0.462. The van der Waals surface area contributed by atoms with Crippen LogP contribution in [-0.4, -0.2) is 31.0 Å². The molecule has 5 nitrogen and oxygen atoms in total. The minimum absolute atomic E-state index is 0.339. The van der Waals surface area contributed by atoms with Crippen LogP contribution in [0.15, 0.2) is 18.2 Å². The highest BCUT2D eigenvalue weighted by Crippen LogP contribution is 2.46. The van der Waals surface area contributed by atoms with E-state index >= 15 is 0 Å². The second-order valence-corrected chi connectivity index (χ2v) is 4.51. The lowest BCUT2D eigenvalue weighted by Crippen LogP contribution is -2.47. The van der Waals surface area contributed by atoms with Gasteiger partial charge in [0.15, 0.2) is 0 Å². The summed E-state index contributed by atoms with van der Waals surface area (Å²) >= 11 is 0. The maximum absolute atomic E-state index is 12.4. The number of carbonyl (C=O) groups excluding carboxylic acids is 1. The van der Waals surface area contributed by atoms with Gasteiger partial charge in [-0.05, 0) is 18.9 Å². The van der Waals surface area contributed by atoms with Crippen molar-refractivity contribution in [3.8, 4) is 0 Å². The third-order valence-electron chi connectivity index (χ3n) is 3.43. The summed E-state index contributed by atoms with van der Waals surface area (Å²) < 4.78 is 11.3. The van der Waals surface area contributed by atoms with Crippen LogP contribution >= 0.6 is 0 Å². The summed E-state index contributed by atoms with van der Waals surface area (Å²) in [7, 11) is 0. The molecule has 0 saturated carbocycles. The number of rotatable bonds is 1. The van der Waals surface area contributed by atoms with Gasteiger partial charge in [0.2, 0.25) is 0 Å². The zero-order valence-corrected chi connectivity index (χ0v) is 10.2. The Balaban J connectivity index is 2.19. The lowest BCUT2D eigenvalue weighted by Gasteiger charge is -2.32. The van der Waals surface area contributed by atoms with E-state index in [0.717, 1.165) is 12.0 Å². The Bertz CT molecular complexity index is 494. The van der Waals surface area contributed by atoms with Crippen molar-refractivity contribution in [1.29, 1.82) is 0 Å². The molecule has 1 N–H and O–H groups in total. The monoisotopic (exact) mass is 249 g/mol. The second kappa shape index (κ2) is 4.05. The van der Waals surface area contributed by atoms with Crippen LogP contribution in [0.2, 0.25) is 0 Å². The molecule has 0 aliphatic carbocycles. The topological polar surface area (TPSA) is 59.0 Å². The molecular weight excluding hydrogens is 234 g/mol. The molecule has 2 aliphatic heterocycles. The Kier molecular flexibility index (Phi) is 2.62. The number of ether oxygens (including phenoxy) is 2. The summed E-state index contributed by atoms with van der Waals surface area (Å²) in [6.45, 7) is 2.50. The molecule has 3 rings (SSSR count). The number of anilines is 1. The fourth-order valence-corrected chi connectivity index (χ4v) is 2.62. The van der Waals surface area contributed by atoms with Gasteiger partial charge in [-0.3, -0.25) is 9.69 Å². The number of para-hydroxylation sites is 1. The van der Waals surface area contributed by atoms with E-state index in [2.05, 4.69) is 0 Å². The Morgan fingerprint density at radius 2 is 2.11 bits per heavy atom. The molecule has 1 fully saturated rings. The van der Waals surface area contributed by atoms with Crippen LogP contribution in [0, 0.1) is 6.92 Å². The number of aliphatic hydroxyl groups excluding tert-OH is 1. The standard InChI is InChI=1S/C13H15NO4/c1-9-4-2-5-10-11(9)14(8-15)12(16)13(10)17-6-3-7-18-13/h2,4-5,15H,3,6-8H2,1H3. The highest BCUT2D eigenvalue weighted by atomic mass is 16.7. The molecule has 0 atom stereocenters. The van der Waals surface area contributed by atoms with Crippen LogP contribution in [0.25, 0.3) is 0 Å². The molecule has 1 spiro atoms. The second-order valence-electron chi connectivity index (χ2n) is 4.51. The number of benzene rings is 1. The number of fused-ring (bicyclic) bond motifs is 2. The number of aryl methyl sites for hydroxylation is 1. The summed E-state index contributed by atoms with van der Waals surface area (Å²) in [5, 5.41) is 9.42. The molecule has 96 valence electrons. The number of carbonyl (C=O) groups is 1. The number of hydrogen-bond acceptors (Lipinski definition) is 4. The van der Waals surface area contributed by atoms with Crippen molar-refractivity contribution in [2.75, 3.05) is 24.8 Å². The molecular formula is C13H15NO4. The normalized spacial score (nSPS) is 21.4. The third kappa shape index (κ3) is 1.35. The van der Waals surface area contributed by atoms with Crippen molar-refractivity contribution in [2.24, 2.45) is 0 Å². The van der Waals surface area contributed by atoms with Crippen molar-refractivity contribution in [3.05, 3.63) is 29.3 Å². The van der Waals surface area contributed by atoms with E-state index in [4.69, 9.17) is 9.47 Å². The Morgan fingerprint density at radius 1 is 1.39 bits per heavy atom. The van der Waals surface area contributed by atoms with E-state index in [9.17, 15) is 9.90 Å². The van der Waals surface area contributed by atoms with Gasteiger partial charge in [0, 0.05) is 5.56 Å². The molecule has 0 bridgehead atoms. The largest absolute Gasteiger partial charge is 0.376 e. The molecule has 1 aromatic carbocycles. The van der Waals surface area contributed by atoms with Crippen LogP contribution in [0.4, 0.5) is 5.69 Å². The number of amides is 1. The molecule has 2 aliphatic rings. The molecule has 1 saturated heterocycles. The van der Waals surface area contributed by atoms with E-state index in [1.807, 2.05) is 25.1 Å². The first kappa shape index (κ1) is 11.6. The first-order valence-corrected chi connectivity index (χ1v) is 6.01. The molecule has 1 amide bonds. The summed E-state index contributed by atoms with van der Waals surface area (Å²) in [5.41, 5.74) is 2.32. The maximum Gasteiger partial charge on any atom is 0.294 e. The molecule has 5 heteroatoms. The van der Waals surface area contributed by atoms with Gasteiger partial charge >= 0.3 is 0 Å². The van der Waals surface area contributed by atoms with Crippen molar-refractivity contribution in [3.63, 3.8) is 0 Å². The SMILES string of the molecule is Cc1cccc2c1N(CO)C(=O)C21OCCCO1. The van der Waals surface area contributed by atoms with E-state index in [0.29, 0.717) is 24.5 Å². The van der Waals surface area contributed by atoms with Gasteiger partial charge in [-0.2, -0.15) is 0 Å². The summed E-state index contributed by atoms with van der Waals surface area (Å²) in [5.74, 6) is -1.68. The van der Waals surface area contributed by atoms with Crippen molar-refractivity contribution in [2.45, 2.75) is 19.1 Å². The highest BCUT2D eigenvalue weighted by molar-refractivity contribution is 6.06.